The lowest BCUT2D eigenvalue weighted by atomic mass is 9.91. The van der Waals surface area contributed by atoms with Crippen molar-refractivity contribution in [2.24, 2.45) is 0 Å². The molecule has 1 fully saturated rings. The van der Waals surface area contributed by atoms with Crippen LogP contribution in [0.2, 0.25) is 0 Å². The van der Waals surface area contributed by atoms with Crippen molar-refractivity contribution in [1.82, 2.24) is 4.90 Å². The summed E-state index contributed by atoms with van der Waals surface area (Å²) in [6.45, 7) is 0.705. The maximum atomic E-state index is 10.1. The average molecular weight is 235 g/mol. The lowest BCUT2D eigenvalue weighted by molar-refractivity contribution is 0.0776. The van der Waals surface area contributed by atoms with Crippen LogP contribution in [0.25, 0.3) is 0 Å². The lowest BCUT2D eigenvalue weighted by Crippen LogP contribution is -2.39. The molecule has 1 saturated carbocycles. The number of methoxy groups -OCH3 is 1. The molecule has 1 aliphatic carbocycles. The van der Waals surface area contributed by atoms with Crippen LogP contribution in [0.3, 0.4) is 0 Å². The molecule has 1 aromatic carbocycles. The molecular weight excluding hydrogens is 214 g/mol. The third-order valence-electron chi connectivity index (χ3n) is 3.66. The van der Waals surface area contributed by atoms with Crippen molar-refractivity contribution in [1.29, 1.82) is 0 Å². The second kappa shape index (κ2) is 5.52. The van der Waals surface area contributed by atoms with E-state index < -0.39 is 6.10 Å². The molecule has 1 aromatic rings. The summed E-state index contributed by atoms with van der Waals surface area (Å²) in [6, 6.07) is 8.31. The minimum absolute atomic E-state index is 0.411. The third kappa shape index (κ3) is 2.99. The molecule has 0 saturated heterocycles. The largest absolute Gasteiger partial charge is 0.497 e. The number of rotatable bonds is 5. The summed E-state index contributed by atoms with van der Waals surface area (Å²) in [6.07, 6.45) is 3.46. The van der Waals surface area contributed by atoms with E-state index in [0.29, 0.717) is 12.6 Å². The van der Waals surface area contributed by atoms with E-state index in [9.17, 15) is 5.11 Å². The second-order valence-electron chi connectivity index (χ2n) is 4.81. The maximum absolute atomic E-state index is 10.1. The summed E-state index contributed by atoms with van der Waals surface area (Å²) < 4.78 is 5.10. The van der Waals surface area contributed by atoms with Crippen molar-refractivity contribution in [3.8, 4) is 5.75 Å². The van der Waals surface area contributed by atoms with Crippen molar-refractivity contribution in [2.45, 2.75) is 31.4 Å². The van der Waals surface area contributed by atoms with E-state index in [0.717, 1.165) is 11.3 Å². The monoisotopic (exact) mass is 235 g/mol. The van der Waals surface area contributed by atoms with Gasteiger partial charge in [-0.25, -0.2) is 0 Å². The van der Waals surface area contributed by atoms with Crippen LogP contribution in [0, 0.1) is 0 Å². The number of nitrogens with zero attached hydrogens (tertiary/aromatic N) is 1. The molecule has 1 N–H and O–H groups in total. The number of hydrogen-bond donors (Lipinski definition) is 1. The molecule has 0 bridgehead atoms. The van der Waals surface area contributed by atoms with Crippen LogP contribution in [0.4, 0.5) is 0 Å². The highest BCUT2D eigenvalue weighted by Gasteiger charge is 2.23. The van der Waals surface area contributed by atoms with Crippen LogP contribution in [-0.4, -0.2) is 36.8 Å². The number of ether oxygens (including phenoxy) is 1. The van der Waals surface area contributed by atoms with E-state index >= 15 is 0 Å². The molecule has 3 heteroatoms. The molecule has 0 aromatic heterocycles. The van der Waals surface area contributed by atoms with Crippen molar-refractivity contribution in [3.05, 3.63) is 29.8 Å². The van der Waals surface area contributed by atoms with Gasteiger partial charge in [0.1, 0.15) is 5.75 Å². The summed E-state index contributed by atoms with van der Waals surface area (Å²) >= 11 is 0. The Bertz CT molecular complexity index is 346. The second-order valence-corrected chi connectivity index (χ2v) is 4.81. The first-order chi connectivity index (χ1) is 8.20. The highest BCUT2D eigenvalue weighted by atomic mass is 16.5. The normalized spacial score (nSPS) is 17.9. The predicted octanol–water partition coefficient (Wildman–Crippen LogP) is 2.21. The molecule has 0 amide bonds. The number of aliphatic hydroxyl groups excluding tert-OH is 1. The van der Waals surface area contributed by atoms with Crippen molar-refractivity contribution in [2.75, 3.05) is 20.7 Å². The van der Waals surface area contributed by atoms with Crippen LogP contribution in [0.5, 0.6) is 5.75 Å². The summed E-state index contributed by atoms with van der Waals surface area (Å²) in [5.41, 5.74) is 0.956. The summed E-state index contributed by atoms with van der Waals surface area (Å²) in [5.74, 6) is 0.827. The molecule has 0 spiro atoms. The van der Waals surface area contributed by atoms with Crippen LogP contribution >= 0.6 is 0 Å². The van der Waals surface area contributed by atoms with Crippen LogP contribution < -0.4 is 4.74 Å². The molecule has 0 aliphatic heterocycles. The molecule has 0 heterocycles. The van der Waals surface area contributed by atoms with Gasteiger partial charge in [0.05, 0.1) is 13.2 Å². The number of hydrogen-bond acceptors (Lipinski definition) is 3. The third-order valence-corrected chi connectivity index (χ3v) is 3.66. The van der Waals surface area contributed by atoms with Gasteiger partial charge < -0.3 is 14.7 Å². The first-order valence-electron chi connectivity index (χ1n) is 6.23. The molecule has 1 atom stereocenters. The topological polar surface area (TPSA) is 32.7 Å². The minimum atomic E-state index is -0.411. The summed E-state index contributed by atoms with van der Waals surface area (Å²) in [7, 11) is 3.74. The van der Waals surface area contributed by atoms with Crippen LogP contribution in [0.1, 0.15) is 30.9 Å². The fourth-order valence-corrected chi connectivity index (χ4v) is 2.18. The highest BCUT2D eigenvalue weighted by molar-refractivity contribution is 5.28. The Labute approximate surface area is 103 Å². The zero-order valence-electron chi connectivity index (χ0n) is 10.6. The molecular formula is C14H21NO2. The number of likely N-dealkylation sites (N-methyl/N-ethyl adjacent to an activating group) is 1. The molecule has 1 aliphatic rings. The van der Waals surface area contributed by atoms with Gasteiger partial charge >= 0.3 is 0 Å². The Morgan fingerprint density at radius 1 is 1.35 bits per heavy atom. The van der Waals surface area contributed by atoms with Gasteiger partial charge in [-0.1, -0.05) is 18.6 Å². The zero-order valence-corrected chi connectivity index (χ0v) is 10.6. The lowest BCUT2D eigenvalue weighted by Gasteiger charge is -2.35. The smallest absolute Gasteiger partial charge is 0.118 e. The average Bonchev–Trinajstić information content (AvgIpc) is 2.26. The Morgan fingerprint density at radius 3 is 2.47 bits per heavy atom. The summed E-state index contributed by atoms with van der Waals surface area (Å²) in [5, 5.41) is 10.1. The SMILES string of the molecule is COc1ccc(C(O)CN(C)C2CCC2)cc1. The molecule has 1 unspecified atom stereocenters. The predicted molar refractivity (Wildman–Crippen MR) is 68.2 cm³/mol. The van der Waals surface area contributed by atoms with E-state index in [2.05, 4.69) is 11.9 Å². The first kappa shape index (κ1) is 12.4. The number of aliphatic hydroxyl groups is 1. The van der Waals surface area contributed by atoms with Gasteiger partial charge in [0, 0.05) is 12.6 Å². The first-order valence-corrected chi connectivity index (χ1v) is 6.23. The Kier molecular flexibility index (Phi) is 4.02. The van der Waals surface area contributed by atoms with Gasteiger partial charge in [0.25, 0.3) is 0 Å². The Balaban J connectivity index is 1.91. The molecule has 17 heavy (non-hydrogen) atoms. The fraction of sp³-hybridized carbons (Fsp3) is 0.571. The quantitative estimate of drug-likeness (QED) is 0.849. The maximum Gasteiger partial charge on any atom is 0.118 e. The van der Waals surface area contributed by atoms with E-state index in [1.165, 1.54) is 19.3 Å². The van der Waals surface area contributed by atoms with Gasteiger partial charge in [-0.3, -0.25) is 0 Å². The Hall–Kier alpha value is -1.06. The van der Waals surface area contributed by atoms with Crippen molar-refractivity contribution >= 4 is 0 Å². The minimum Gasteiger partial charge on any atom is -0.497 e. The van der Waals surface area contributed by atoms with Crippen LogP contribution in [0.15, 0.2) is 24.3 Å². The van der Waals surface area contributed by atoms with Gasteiger partial charge in [-0.2, -0.15) is 0 Å². The standard InChI is InChI=1S/C14H21NO2/c1-15(12-4-3-5-12)10-14(16)11-6-8-13(17-2)9-7-11/h6-9,12,14,16H,3-5,10H2,1-2H3. The van der Waals surface area contributed by atoms with Gasteiger partial charge in [0.2, 0.25) is 0 Å². The van der Waals surface area contributed by atoms with Gasteiger partial charge in [-0.05, 0) is 37.6 Å². The van der Waals surface area contributed by atoms with Gasteiger partial charge in [0.15, 0.2) is 0 Å². The van der Waals surface area contributed by atoms with E-state index in [1.807, 2.05) is 24.3 Å². The highest BCUT2D eigenvalue weighted by Crippen LogP contribution is 2.26. The van der Waals surface area contributed by atoms with Crippen LogP contribution in [-0.2, 0) is 0 Å². The zero-order chi connectivity index (χ0) is 12.3. The molecule has 0 radical (unpaired) electrons. The van der Waals surface area contributed by atoms with Crippen molar-refractivity contribution in [3.63, 3.8) is 0 Å². The molecule has 2 rings (SSSR count). The van der Waals surface area contributed by atoms with E-state index in [-0.39, 0.29) is 0 Å². The summed E-state index contributed by atoms with van der Waals surface area (Å²) in [4.78, 5) is 2.26. The molecule has 3 nitrogen and oxygen atoms in total. The van der Waals surface area contributed by atoms with E-state index in [1.54, 1.807) is 7.11 Å². The van der Waals surface area contributed by atoms with Gasteiger partial charge in [-0.15, -0.1) is 0 Å². The van der Waals surface area contributed by atoms with Crippen molar-refractivity contribution < 1.29 is 9.84 Å². The number of benzene rings is 1. The fourth-order valence-electron chi connectivity index (χ4n) is 2.18. The Morgan fingerprint density at radius 2 is 2.00 bits per heavy atom. The van der Waals surface area contributed by atoms with E-state index in [4.69, 9.17) is 4.74 Å². The molecule has 94 valence electrons.